The minimum absolute atomic E-state index is 0.282. The van der Waals surface area contributed by atoms with E-state index in [2.05, 4.69) is 0 Å². The summed E-state index contributed by atoms with van der Waals surface area (Å²) in [7, 11) is 0. The molecule has 0 spiro atoms. The second-order valence-corrected chi connectivity index (χ2v) is 4.52. The minimum atomic E-state index is -0.282. The van der Waals surface area contributed by atoms with E-state index in [1.165, 1.54) is 0 Å². The Morgan fingerprint density at radius 3 is 2.53 bits per heavy atom. The van der Waals surface area contributed by atoms with Crippen molar-refractivity contribution in [3.05, 3.63) is 76.1 Å². The molecular formula is C16H13NO2. The Labute approximate surface area is 110 Å². The molecule has 0 saturated carbocycles. The van der Waals surface area contributed by atoms with Crippen molar-refractivity contribution < 1.29 is 4.42 Å². The molecule has 94 valence electrons. The van der Waals surface area contributed by atoms with Crippen LogP contribution in [0.1, 0.15) is 11.1 Å². The fourth-order valence-corrected chi connectivity index (χ4v) is 2.08. The molecule has 0 bridgehead atoms. The number of para-hydroxylation sites is 1. The lowest BCUT2D eigenvalue weighted by atomic mass is 10.1. The van der Waals surface area contributed by atoms with Gasteiger partial charge in [0.25, 0.3) is 0 Å². The van der Waals surface area contributed by atoms with Crippen molar-refractivity contribution in [2.24, 2.45) is 0 Å². The van der Waals surface area contributed by atoms with Gasteiger partial charge in [-0.05, 0) is 29.8 Å². The fraction of sp³-hybridized carbons (Fsp3) is 0.0625. The first-order valence-corrected chi connectivity index (χ1v) is 6.08. The average Bonchev–Trinajstić information content (AvgIpc) is 2.42. The number of benzene rings is 2. The predicted molar refractivity (Wildman–Crippen MR) is 76.1 cm³/mol. The van der Waals surface area contributed by atoms with Crippen molar-refractivity contribution in [2.75, 3.05) is 5.73 Å². The van der Waals surface area contributed by atoms with Crippen LogP contribution in [0.15, 0.2) is 63.8 Å². The lowest BCUT2D eigenvalue weighted by molar-refractivity contribution is 0.552. The molecule has 0 aliphatic rings. The minimum Gasteiger partial charge on any atom is -0.423 e. The van der Waals surface area contributed by atoms with Gasteiger partial charge in [-0.25, -0.2) is 4.79 Å². The van der Waals surface area contributed by atoms with E-state index in [0.29, 0.717) is 23.3 Å². The van der Waals surface area contributed by atoms with Crippen molar-refractivity contribution in [2.45, 2.75) is 6.42 Å². The molecule has 0 radical (unpaired) electrons. The summed E-state index contributed by atoms with van der Waals surface area (Å²) in [6, 6.07) is 16.9. The van der Waals surface area contributed by atoms with Crippen LogP contribution in [-0.4, -0.2) is 0 Å². The highest BCUT2D eigenvalue weighted by Gasteiger charge is 2.05. The topological polar surface area (TPSA) is 56.2 Å². The van der Waals surface area contributed by atoms with Crippen molar-refractivity contribution >= 4 is 16.7 Å². The van der Waals surface area contributed by atoms with Crippen LogP contribution in [0.5, 0.6) is 0 Å². The average molecular weight is 251 g/mol. The Balaban J connectivity index is 2.03. The van der Waals surface area contributed by atoms with Gasteiger partial charge >= 0.3 is 5.63 Å². The quantitative estimate of drug-likeness (QED) is 0.562. The number of fused-ring (bicyclic) bond motifs is 1. The molecule has 0 unspecified atom stereocenters. The third-order valence-electron chi connectivity index (χ3n) is 3.09. The zero-order valence-electron chi connectivity index (χ0n) is 10.3. The van der Waals surface area contributed by atoms with Crippen LogP contribution in [-0.2, 0) is 6.42 Å². The van der Waals surface area contributed by atoms with Gasteiger partial charge in [0.05, 0.1) is 0 Å². The maximum Gasteiger partial charge on any atom is 0.339 e. The Bertz CT molecular complexity index is 773. The molecule has 0 fully saturated rings. The molecule has 0 aliphatic heterocycles. The van der Waals surface area contributed by atoms with E-state index in [9.17, 15) is 4.79 Å². The predicted octanol–water partition coefficient (Wildman–Crippen LogP) is 2.97. The summed E-state index contributed by atoms with van der Waals surface area (Å²) in [5.74, 6) is 0. The third-order valence-corrected chi connectivity index (χ3v) is 3.09. The molecule has 1 heterocycles. The van der Waals surface area contributed by atoms with Crippen LogP contribution in [0, 0.1) is 0 Å². The lowest BCUT2D eigenvalue weighted by Crippen LogP contribution is -2.07. The van der Waals surface area contributed by atoms with E-state index in [1.54, 1.807) is 6.07 Å². The van der Waals surface area contributed by atoms with Gasteiger partial charge in [-0.1, -0.05) is 30.3 Å². The Morgan fingerprint density at radius 2 is 1.74 bits per heavy atom. The second-order valence-electron chi connectivity index (χ2n) is 4.52. The zero-order chi connectivity index (χ0) is 13.2. The van der Waals surface area contributed by atoms with Gasteiger partial charge in [-0.2, -0.15) is 0 Å². The van der Waals surface area contributed by atoms with Gasteiger partial charge in [-0.3, -0.25) is 0 Å². The van der Waals surface area contributed by atoms with Gasteiger partial charge in [0, 0.05) is 23.1 Å². The highest BCUT2D eigenvalue weighted by Crippen LogP contribution is 2.15. The van der Waals surface area contributed by atoms with Gasteiger partial charge in [0.15, 0.2) is 0 Å². The molecule has 1 aromatic heterocycles. The molecule has 0 atom stereocenters. The summed E-state index contributed by atoms with van der Waals surface area (Å²) in [4.78, 5) is 11.9. The number of nitrogen functional groups attached to an aromatic ring is 1. The smallest absolute Gasteiger partial charge is 0.339 e. The number of rotatable bonds is 2. The lowest BCUT2D eigenvalue weighted by Gasteiger charge is -2.03. The van der Waals surface area contributed by atoms with Crippen LogP contribution >= 0.6 is 0 Å². The van der Waals surface area contributed by atoms with E-state index >= 15 is 0 Å². The molecule has 0 saturated heterocycles. The largest absolute Gasteiger partial charge is 0.423 e. The van der Waals surface area contributed by atoms with Gasteiger partial charge in [0.2, 0.25) is 0 Å². The number of nitrogens with two attached hydrogens (primary N) is 1. The van der Waals surface area contributed by atoms with Crippen molar-refractivity contribution in [3.8, 4) is 0 Å². The molecule has 2 aromatic carbocycles. The van der Waals surface area contributed by atoms with Gasteiger partial charge in [-0.15, -0.1) is 0 Å². The third kappa shape index (κ3) is 2.36. The Hall–Kier alpha value is -2.55. The fourth-order valence-electron chi connectivity index (χ4n) is 2.08. The van der Waals surface area contributed by atoms with Gasteiger partial charge in [0.1, 0.15) is 5.58 Å². The first-order valence-electron chi connectivity index (χ1n) is 6.08. The summed E-state index contributed by atoms with van der Waals surface area (Å²) in [5.41, 5.74) is 8.39. The molecule has 0 aliphatic carbocycles. The van der Waals surface area contributed by atoms with E-state index in [1.807, 2.05) is 48.5 Å². The zero-order valence-corrected chi connectivity index (χ0v) is 10.3. The summed E-state index contributed by atoms with van der Waals surface area (Å²) in [6.45, 7) is 0. The Morgan fingerprint density at radius 1 is 1.00 bits per heavy atom. The van der Waals surface area contributed by atoms with E-state index < -0.39 is 0 Å². The molecule has 3 heteroatoms. The molecule has 2 N–H and O–H groups in total. The molecule has 3 rings (SSSR count). The Kier molecular flexibility index (Phi) is 2.80. The van der Waals surface area contributed by atoms with Crippen LogP contribution in [0.2, 0.25) is 0 Å². The van der Waals surface area contributed by atoms with Crippen molar-refractivity contribution in [3.63, 3.8) is 0 Å². The van der Waals surface area contributed by atoms with Gasteiger partial charge < -0.3 is 10.2 Å². The maximum atomic E-state index is 11.9. The first-order chi connectivity index (χ1) is 9.22. The summed E-state index contributed by atoms with van der Waals surface area (Å²) < 4.78 is 5.31. The van der Waals surface area contributed by atoms with Crippen molar-refractivity contribution in [1.82, 2.24) is 0 Å². The monoisotopic (exact) mass is 251 g/mol. The van der Waals surface area contributed by atoms with Crippen LogP contribution in [0.25, 0.3) is 11.0 Å². The summed E-state index contributed by atoms with van der Waals surface area (Å²) in [5, 5.41) is 0.938. The SMILES string of the molecule is Nc1ccc(Cc2cc3ccccc3oc2=O)cc1. The van der Waals surface area contributed by atoms with Crippen LogP contribution < -0.4 is 11.4 Å². The summed E-state index contributed by atoms with van der Waals surface area (Å²) in [6.07, 6.45) is 0.549. The number of hydrogen-bond acceptors (Lipinski definition) is 3. The molecule has 3 aromatic rings. The maximum absolute atomic E-state index is 11.9. The number of hydrogen-bond donors (Lipinski definition) is 1. The van der Waals surface area contributed by atoms with Crippen molar-refractivity contribution in [1.29, 1.82) is 0 Å². The highest BCUT2D eigenvalue weighted by atomic mass is 16.4. The molecule has 0 amide bonds. The number of anilines is 1. The van der Waals surface area contributed by atoms with E-state index in [-0.39, 0.29) is 5.63 Å². The highest BCUT2D eigenvalue weighted by molar-refractivity contribution is 5.76. The van der Waals surface area contributed by atoms with E-state index in [4.69, 9.17) is 10.2 Å². The summed E-state index contributed by atoms with van der Waals surface area (Å²) >= 11 is 0. The normalized spacial score (nSPS) is 10.7. The molecular weight excluding hydrogens is 238 g/mol. The van der Waals surface area contributed by atoms with E-state index in [0.717, 1.165) is 10.9 Å². The second kappa shape index (κ2) is 4.61. The standard InChI is InChI=1S/C16H13NO2/c17-14-7-5-11(6-8-14)9-13-10-12-3-1-2-4-15(12)19-16(13)18/h1-8,10H,9,17H2. The first kappa shape index (κ1) is 11.5. The molecule has 19 heavy (non-hydrogen) atoms. The van der Waals surface area contributed by atoms with Crippen LogP contribution in [0.3, 0.4) is 0 Å². The molecule has 3 nitrogen and oxygen atoms in total. The van der Waals surface area contributed by atoms with Crippen LogP contribution in [0.4, 0.5) is 5.69 Å².